The van der Waals surface area contributed by atoms with Gasteiger partial charge in [-0.05, 0) is 30.3 Å². The number of methoxy groups -OCH3 is 1. The number of hydrogen-bond acceptors (Lipinski definition) is 5. The fourth-order valence-electron chi connectivity index (χ4n) is 3.72. The molecule has 32 heavy (non-hydrogen) atoms. The number of halogens is 2. The molecular weight excluding hydrogens is 451 g/mol. The molecule has 1 aliphatic heterocycles. The van der Waals surface area contributed by atoms with E-state index in [1.165, 1.54) is 10.7 Å². The number of nitrogens with zero attached hydrogens (tertiary/aromatic N) is 4. The number of amides is 1. The van der Waals surface area contributed by atoms with Gasteiger partial charge in [0.15, 0.2) is 0 Å². The van der Waals surface area contributed by atoms with E-state index in [1.807, 2.05) is 36.4 Å². The van der Waals surface area contributed by atoms with Crippen LogP contribution in [-0.4, -0.2) is 53.9 Å². The minimum atomic E-state index is -0.332. The molecule has 4 rings (SSSR count). The highest BCUT2D eigenvalue weighted by molar-refractivity contribution is 6.43. The lowest BCUT2D eigenvalue weighted by atomic mass is 10.1. The van der Waals surface area contributed by atoms with Crippen molar-refractivity contribution in [2.45, 2.75) is 6.54 Å². The first-order valence-electron chi connectivity index (χ1n) is 10.2. The van der Waals surface area contributed by atoms with Crippen LogP contribution in [0.5, 0.6) is 5.75 Å². The molecule has 0 bridgehead atoms. The molecule has 0 spiro atoms. The van der Waals surface area contributed by atoms with Crippen molar-refractivity contribution < 1.29 is 9.53 Å². The molecule has 2 aromatic carbocycles. The summed E-state index contributed by atoms with van der Waals surface area (Å²) in [6.07, 6.45) is 0. The van der Waals surface area contributed by atoms with E-state index < -0.39 is 0 Å². The Morgan fingerprint density at radius 2 is 1.75 bits per heavy atom. The van der Waals surface area contributed by atoms with E-state index in [0.29, 0.717) is 47.7 Å². The topological polar surface area (TPSA) is 67.7 Å². The SMILES string of the molecule is COc1ccccc1-c1ccc(=O)n(CC(=O)N2CCN(c3cccc(Cl)c3Cl)CC2)n1. The average molecular weight is 473 g/mol. The van der Waals surface area contributed by atoms with Crippen molar-refractivity contribution in [1.29, 1.82) is 0 Å². The van der Waals surface area contributed by atoms with Crippen LogP contribution in [-0.2, 0) is 11.3 Å². The van der Waals surface area contributed by atoms with Gasteiger partial charge >= 0.3 is 0 Å². The smallest absolute Gasteiger partial charge is 0.267 e. The highest BCUT2D eigenvalue weighted by Gasteiger charge is 2.23. The van der Waals surface area contributed by atoms with Crippen LogP contribution in [0, 0.1) is 0 Å². The summed E-state index contributed by atoms with van der Waals surface area (Å²) in [5, 5.41) is 5.42. The highest BCUT2D eigenvalue weighted by Crippen LogP contribution is 2.33. The first-order chi connectivity index (χ1) is 15.5. The van der Waals surface area contributed by atoms with Crippen LogP contribution >= 0.6 is 23.2 Å². The monoisotopic (exact) mass is 472 g/mol. The number of rotatable bonds is 5. The lowest BCUT2D eigenvalue weighted by Gasteiger charge is -2.36. The molecule has 0 saturated carbocycles. The van der Waals surface area contributed by atoms with Gasteiger partial charge in [-0.3, -0.25) is 9.59 Å². The van der Waals surface area contributed by atoms with Gasteiger partial charge in [-0.1, -0.05) is 41.4 Å². The fraction of sp³-hybridized carbons (Fsp3) is 0.261. The van der Waals surface area contributed by atoms with Gasteiger partial charge in [-0.2, -0.15) is 5.10 Å². The molecule has 1 fully saturated rings. The Kier molecular flexibility index (Phi) is 6.67. The van der Waals surface area contributed by atoms with Crippen LogP contribution in [0.3, 0.4) is 0 Å². The summed E-state index contributed by atoms with van der Waals surface area (Å²) in [6.45, 7) is 2.15. The van der Waals surface area contributed by atoms with E-state index in [-0.39, 0.29) is 18.0 Å². The number of piperazine rings is 1. The summed E-state index contributed by atoms with van der Waals surface area (Å²) in [5.74, 6) is 0.487. The van der Waals surface area contributed by atoms with Crippen LogP contribution in [0.2, 0.25) is 10.0 Å². The normalized spacial score (nSPS) is 13.8. The molecule has 9 heteroatoms. The van der Waals surface area contributed by atoms with Crippen molar-refractivity contribution in [1.82, 2.24) is 14.7 Å². The Labute approximate surface area is 195 Å². The molecule has 1 amide bonds. The maximum Gasteiger partial charge on any atom is 0.267 e. The molecule has 166 valence electrons. The summed E-state index contributed by atoms with van der Waals surface area (Å²) in [6, 6.07) is 16.0. The number of aromatic nitrogens is 2. The van der Waals surface area contributed by atoms with Crippen molar-refractivity contribution in [2.75, 3.05) is 38.2 Å². The molecule has 0 radical (unpaired) electrons. The fourth-order valence-corrected chi connectivity index (χ4v) is 4.14. The molecule has 3 aromatic rings. The van der Waals surface area contributed by atoms with E-state index in [2.05, 4.69) is 10.00 Å². The zero-order chi connectivity index (χ0) is 22.7. The number of carbonyl (C=O) groups is 1. The number of hydrogen-bond donors (Lipinski definition) is 0. The minimum absolute atomic E-state index is 0.125. The second-order valence-electron chi connectivity index (χ2n) is 7.36. The maximum absolute atomic E-state index is 12.9. The van der Waals surface area contributed by atoms with E-state index in [0.717, 1.165) is 11.3 Å². The van der Waals surface area contributed by atoms with E-state index in [1.54, 1.807) is 24.1 Å². The van der Waals surface area contributed by atoms with Gasteiger partial charge < -0.3 is 14.5 Å². The molecule has 1 saturated heterocycles. The summed E-state index contributed by atoms with van der Waals surface area (Å²) in [4.78, 5) is 29.1. The summed E-state index contributed by atoms with van der Waals surface area (Å²) >= 11 is 12.5. The molecule has 1 aromatic heterocycles. The average Bonchev–Trinajstić information content (AvgIpc) is 2.82. The number of anilines is 1. The van der Waals surface area contributed by atoms with Crippen LogP contribution in [0.4, 0.5) is 5.69 Å². The van der Waals surface area contributed by atoms with E-state index in [4.69, 9.17) is 27.9 Å². The third-order valence-corrected chi connectivity index (χ3v) is 6.25. The highest BCUT2D eigenvalue weighted by atomic mass is 35.5. The Bertz CT molecular complexity index is 1190. The second-order valence-corrected chi connectivity index (χ2v) is 8.14. The molecular formula is C23H22Cl2N4O3. The van der Waals surface area contributed by atoms with Gasteiger partial charge in [0.25, 0.3) is 5.56 Å². The number of para-hydroxylation sites is 1. The summed E-state index contributed by atoms with van der Waals surface area (Å²) < 4.78 is 6.58. The van der Waals surface area contributed by atoms with Gasteiger partial charge in [0.05, 0.1) is 28.5 Å². The van der Waals surface area contributed by atoms with Crippen LogP contribution < -0.4 is 15.2 Å². The molecule has 0 atom stereocenters. The third-order valence-electron chi connectivity index (χ3n) is 5.44. The molecule has 0 unspecified atom stereocenters. The van der Waals surface area contributed by atoms with Crippen LogP contribution in [0.1, 0.15) is 0 Å². The minimum Gasteiger partial charge on any atom is -0.496 e. The molecule has 7 nitrogen and oxygen atoms in total. The van der Waals surface area contributed by atoms with Crippen molar-refractivity contribution in [2.24, 2.45) is 0 Å². The van der Waals surface area contributed by atoms with Gasteiger partial charge in [0, 0.05) is 37.8 Å². The second kappa shape index (κ2) is 9.63. The van der Waals surface area contributed by atoms with Gasteiger partial charge in [0.1, 0.15) is 12.3 Å². The molecule has 0 N–H and O–H groups in total. The van der Waals surface area contributed by atoms with Gasteiger partial charge in [-0.25, -0.2) is 4.68 Å². The van der Waals surface area contributed by atoms with Crippen molar-refractivity contribution in [3.8, 4) is 17.0 Å². The van der Waals surface area contributed by atoms with E-state index >= 15 is 0 Å². The Morgan fingerprint density at radius 3 is 2.50 bits per heavy atom. The quantitative estimate of drug-likeness (QED) is 0.567. The number of ether oxygens (including phenoxy) is 1. The summed E-state index contributed by atoms with van der Waals surface area (Å²) in [7, 11) is 1.58. The van der Waals surface area contributed by atoms with Gasteiger partial charge in [-0.15, -0.1) is 0 Å². The number of benzene rings is 2. The Balaban J connectivity index is 1.46. The third kappa shape index (κ3) is 4.59. The standard InChI is InChI=1S/C23H22Cl2N4O3/c1-32-20-8-3-2-5-16(20)18-9-10-21(30)29(26-18)15-22(31)28-13-11-27(12-14-28)19-7-4-6-17(24)23(19)25/h2-10H,11-15H2,1H3. The molecule has 0 aliphatic carbocycles. The number of carbonyl (C=O) groups excluding carboxylic acids is 1. The van der Waals surface area contributed by atoms with E-state index in [9.17, 15) is 9.59 Å². The Hall–Kier alpha value is -3.03. The largest absolute Gasteiger partial charge is 0.496 e. The van der Waals surface area contributed by atoms with Gasteiger partial charge in [0.2, 0.25) is 5.91 Å². The van der Waals surface area contributed by atoms with Crippen molar-refractivity contribution >= 4 is 34.8 Å². The molecule has 2 heterocycles. The van der Waals surface area contributed by atoms with Crippen molar-refractivity contribution in [3.05, 3.63) is 75.0 Å². The van der Waals surface area contributed by atoms with Crippen LogP contribution in [0.15, 0.2) is 59.4 Å². The Morgan fingerprint density at radius 1 is 1.00 bits per heavy atom. The maximum atomic E-state index is 12.9. The molecule has 1 aliphatic rings. The zero-order valence-electron chi connectivity index (χ0n) is 17.5. The zero-order valence-corrected chi connectivity index (χ0v) is 19.0. The van der Waals surface area contributed by atoms with Crippen molar-refractivity contribution in [3.63, 3.8) is 0 Å². The van der Waals surface area contributed by atoms with Crippen LogP contribution in [0.25, 0.3) is 11.3 Å². The summed E-state index contributed by atoms with van der Waals surface area (Å²) in [5.41, 5.74) is 1.84. The first kappa shape index (κ1) is 22.2. The lowest BCUT2D eigenvalue weighted by molar-refractivity contribution is -0.132. The predicted octanol–water partition coefficient (Wildman–Crippen LogP) is 3.57. The lowest BCUT2D eigenvalue weighted by Crippen LogP contribution is -2.50. The predicted molar refractivity (Wildman–Crippen MR) is 126 cm³/mol. The first-order valence-corrected chi connectivity index (χ1v) is 10.9.